The van der Waals surface area contributed by atoms with Gasteiger partial charge in [-0.05, 0) is 61.0 Å². The van der Waals surface area contributed by atoms with Crippen LogP contribution in [0.5, 0.6) is 0 Å². The molecule has 1 aromatic heterocycles. The van der Waals surface area contributed by atoms with E-state index in [2.05, 4.69) is 15.5 Å². The van der Waals surface area contributed by atoms with Gasteiger partial charge >= 0.3 is 0 Å². The summed E-state index contributed by atoms with van der Waals surface area (Å²) >= 11 is 0. The van der Waals surface area contributed by atoms with E-state index in [1.165, 1.54) is 5.56 Å². The quantitative estimate of drug-likeness (QED) is 0.497. The molecule has 0 spiro atoms. The Balaban J connectivity index is 1.39. The second-order valence-electron chi connectivity index (χ2n) is 7.60. The van der Waals surface area contributed by atoms with Crippen molar-refractivity contribution in [2.24, 2.45) is 0 Å². The highest BCUT2D eigenvalue weighted by Gasteiger charge is 2.12. The highest BCUT2D eigenvalue weighted by molar-refractivity contribution is 5.94. The van der Waals surface area contributed by atoms with Crippen LogP contribution in [-0.2, 0) is 6.54 Å². The Morgan fingerprint density at radius 1 is 0.839 bits per heavy atom. The second-order valence-corrected chi connectivity index (χ2v) is 7.60. The van der Waals surface area contributed by atoms with Crippen molar-refractivity contribution in [2.45, 2.75) is 13.5 Å². The van der Waals surface area contributed by atoms with Crippen LogP contribution in [0.1, 0.15) is 21.5 Å². The molecule has 4 rings (SSSR count). The lowest BCUT2D eigenvalue weighted by Gasteiger charge is -2.13. The molecule has 156 valence electrons. The van der Waals surface area contributed by atoms with Crippen LogP contribution in [0.4, 0.5) is 5.69 Å². The third-order valence-electron chi connectivity index (χ3n) is 5.02. The Morgan fingerprint density at radius 3 is 1.94 bits per heavy atom. The van der Waals surface area contributed by atoms with Gasteiger partial charge in [0.1, 0.15) is 0 Å². The van der Waals surface area contributed by atoms with Gasteiger partial charge in [-0.1, -0.05) is 29.8 Å². The molecule has 4 aromatic rings. The van der Waals surface area contributed by atoms with E-state index in [0.29, 0.717) is 23.9 Å². The first kappa shape index (κ1) is 20.3. The minimum Gasteiger partial charge on any atom is -0.416 e. The van der Waals surface area contributed by atoms with E-state index >= 15 is 0 Å². The summed E-state index contributed by atoms with van der Waals surface area (Å²) in [5, 5.41) is 11.2. The van der Waals surface area contributed by atoms with Gasteiger partial charge in [-0.25, -0.2) is 0 Å². The van der Waals surface area contributed by atoms with Gasteiger partial charge in [-0.15, -0.1) is 10.2 Å². The standard InChI is InChI=1S/C25H24N4O2/c1-17-4-8-20(9-5-17)24-27-28-25(31-24)21-12-10-19(11-13-21)23(30)26-16-18-6-14-22(15-7-18)29(2)3/h4-15H,16H2,1-3H3,(H,26,30). The number of rotatable bonds is 6. The molecular formula is C25H24N4O2. The molecule has 6 nitrogen and oxygen atoms in total. The van der Waals surface area contributed by atoms with Crippen LogP contribution in [0.3, 0.4) is 0 Å². The van der Waals surface area contributed by atoms with Crippen molar-refractivity contribution in [2.75, 3.05) is 19.0 Å². The van der Waals surface area contributed by atoms with E-state index in [-0.39, 0.29) is 5.91 Å². The Labute approximate surface area is 181 Å². The maximum absolute atomic E-state index is 12.5. The predicted molar refractivity (Wildman–Crippen MR) is 122 cm³/mol. The molecule has 1 N–H and O–H groups in total. The molecule has 6 heteroatoms. The minimum atomic E-state index is -0.130. The van der Waals surface area contributed by atoms with Gasteiger partial charge in [0, 0.05) is 43.0 Å². The smallest absolute Gasteiger partial charge is 0.251 e. The molecule has 0 bridgehead atoms. The zero-order chi connectivity index (χ0) is 21.8. The largest absolute Gasteiger partial charge is 0.416 e. The third kappa shape index (κ3) is 4.80. The predicted octanol–water partition coefficient (Wildman–Crippen LogP) is 4.71. The van der Waals surface area contributed by atoms with E-state index < -0.39 is 0 Å². The summed E-state index contributed by atoms with van der Waals surface area (Å²) < 4.78 is 5.80. The average molecular weight is 412 g/mol. The van der Waals surface area contributed by atoms with Crippen LogP contribution in [-0.4, -0.2) is 30.2 Å². The number of anilines is 1. The molecule has 0 aliphatic carbocycles. The third-order valence-corrected chi connectivity index (χ3v) is 5.02. The molecule has 0 radical (unpaired) electrons. The van der Waals surface area contributed by atoms with Gasteiger partial charge in [-0.2, -0.15) is 0 Å². The molecule has 31 heavy (non-hydrogen) atoms. The van der Waals surface area contributed by atoms with Gasteiger partial charge in [-0.3, -0.25) is 4.79 Å². The van der Waals surface area contributed by atoms with Crippen molar-refractivity contribution in [1.29, 1.82) is 0 Å². The van der Waals surface area contributed by atoms with Gasteiger partial charge in [0.05, 0.1) is 0 Å². The summed E-state index contributed by atoms with van der Waals surface area (Å²) in [7, 11) is 4.00. The Morgan fingerprint density at radius 2 is 1.39 bits per heavy atom. The lowest BCUT2D eigenvalue weighted by Crippen LogP contribution is -2.22. The molecule has 0 unspecified atom stereocenters. The topological polar surface area (TPSA) is 71.3 Å². The highest BCUT2D eigenvalue weighted by atomic mass is 16.4. The number of benzene rings is 3. The number of aryl methyl sites for hydroxylation is 1. The number of nitrogens with zero attached hydrogens (tertiary/aromatic N) is 3. The summed E-state index contributed by atoms with van der Waals surface area (Å²) in [4.78, 5) is 14.5. The molecule has 0 atom stereocenters. The highest BCUT2D eigenvalue weighted by Crippen LogP contribution is 2.24. The van der Waals surface area contributed by atoms with E-state index in [4.69, 9.17) is 4.42 Å². The van der Waals surface area contributed by atoms with Crippen LogP contribution < -0.4 is 10.2 Å². The van der Waals surface area contributed by atoms with E-state index in [1.807, 2.05) is 86.6 Å². The Kier molecular flexibility index (Phi) is 5.80. The van der Waals surface area contributed by atoms with E-state index in [1.54, 1.807) is 12.1 Å². The summed E-state index contributed by atoms with van der Waals surface area (Å²) in [6.45, 7) is 2.50. The zero-order valence-corrected chi connectivity index (χ0v) is 17.8. The lowest BCUT2D eigenvalue weighted by molar-refractivity contribution is 0.0951. The first-order valence-electron chi connectivity index (χ1n) is 10.0. The molecule has 0 aliphatic rings. The molecule has 0 saturated carbocycles. The van der Waals surface area contributed by atoms with Gasteiger partial charge in [0.15, 0.2) is 0 Å². The average Bonchev–Trinajstić information content (AvgIpc) is 3.28. The number of nitrogens with one attached hydrogen (secondary N) is 1. The fourth-order valence-electron chi connectivity index (χ4n) is 3.11. The van der Waals surface area contributed by atoms with Gasteiger partial charge in [0.25, 0.3) is 5.91 Å². The van der Waals surface area contributed by atoms with Gasteiger partial charge in [0.2, 0.25) is 11.8 Å². The van der Waals surface area contributed by atoms with Crippen LogP contribution in [0, 0.1) is 6.92 Å². The number of hydrogen-bond acceptors (Lipinski definition) is 5. The first-order chi connectivity index (χ1) is 15.0. The number of carbonyl (C=O) groups is 1. The molecule has 1 amide bonds. The second kappa shape index (κ2) is 8.83. The van der Waals surface area contributed by atoms with Gasteiger partial charge < -0.3 is 14.6 Å². The van der Waals surface area contributed by atoms with Crippen molar-refractivity contribution < 1.29 is 9.21 Å². The van der Waals surface area contributed by atoms with Crippen molar-refractivity contribution in [3.8, 4) is 22.9 Å². The van der Waals surface area contributed by atoms with E-state index in [9.17, 15) is 4.79 Å². The zero-order valence-electron chi connectivity index (χ0n) is 17.8. The normalized spacial score (nSPS) is 10.7. The fourth-order valence-corrected chi connectivity index (χ4v) is 3.11. The Bertz CT molecular complexity index is 1160. The molecule has 1 heterocycles. The summed E-state index contributed by atoms with van der Waals surface area (Å²) in [5.41, 5.74) is 5.55. The number of hydrogen-bond donors (Lipinski definition) is 1. The molecular weight excluding hydrogens is 388 g/mol. The molecule has 0 saturated heterocycles. The number of carbonyl (C=O) groups excluding carboxylic acids is 1. The van der Waals surface area contributed by atoms with Crippen molar-refractivity contribution in [3.05, 3.63) is 89.5 Å². The van der Waals surface area contributed by atoms with Crippen molar-refractivity contribution >= 4 is 11.6 Å². The Hall–Kier alpha value is -3.93. The monoisotopic (exact) mass is 412 g/mol. The summed E-state index contributed by atoms with van der Waals surface area (Å²) in [5.74, 6) is 0.759. The molecule has 0 fully saturated rings. The first-order valence-corrected chi connectivity index (χ1v) is 10.0. The van der Waals surface area contributed by atoms with E-state index in [0.717, 1.165) is 22.4 Å². The maximum Gasteiger partial charge on any atom is 0.251 e. The van der Waals surface area contributed by atoms with Crippen molar-refractivity contribution in [3.63, 3.8) is 0 Å². The number of aromatic nitrogens is 2. The summed E-state index contributed by atoms with van der Waals surface area (Å²) in [6.07, 6.45) is 0. The summed E-state index contributed by atoms with van der Waals surface area (Å²) in [6, 6.07) is 23.1. The fraction of sp³-hybridized carbons (Fsp3) is 0.160. The number of amides is 1. The van der Waals surface area contributed by atoms with Crippen molar-refractivity contribution in [1.82, 2.24) is 15.5 Å². The van der Waals surface area contributed by atoms with Crippen LogP contribution in [0.25, 0.3) is 22.9 Å². The van der Waals surface area contributed by atoms with Crippen LogP contribution in [0.2, 0.25) is 0 Å². The molecule has 0 aliphatic heterocycles. The van der Waals surface area contributed by atoms with Crippen LogP contribution in [0.15, 0.2) is 77.2 Å². The lowest BCUT2D eigenvalue weighted by atomic mass is 10.1. The molecule has 3 aromatic carbocycles. The minimum absolute atomic E-state index is 0.130. The SMILES string of the molecule is Cc1ccc(-c2nnc(-c3ccc(C(=O)NCc4ccc(N(C)C)cc4)cc3)o2)cc1. The van der Waals surface area contributed by atoms with Crippen LogP contribution >= 0.6 is 0 Å². The maximum atomic E-state index is 12.5.